The Morgan fingerprint density at radius 3 is 2.60 bits per heavy atom. The minimum atomic E-state index is -0.150. The zero-order valence-corrected chi connectivity index (χ0v) is 14.9. The van der Waals surface area contributed by atoms with Crippen molar-refractivity contribution in [1.82, 2.24) is 5.01 Å². The quantitative estimate of drug-likeness (QED) is 0.749. The summed E-state index contributed by atoms with van der Waals surface area (Å²) in [5.41, 5.74) is 6.09. The SMILES string of the molecule is O=C(CCl)N1N=C(c2ccc3c(c2)CCCC3)C[C@@H]1c1ccccc1. The van der Waals surface area contributed by atoms with Crippen molar-refractivity contribution in [3.63, 3.8) is 0 Å². The Morgan fingerprint density at radius 2 is 1.84 bits per heavy atom. The molecule has 1 heterocycles. The van der Waals surface area contributed by atoms with Crippen molar-refractivity contribution in [1.29, 1.82) is 0 Å². The summed E-state index contributed by atoms with van der Waals surface area (Å²) in [6.07, 6.45) is 5.58. The number of alkyl halides is 1. The molecule has 1 aliphatic heterocycles. The number of hydrogen-bond donors (Lipinski definition) is 0. The Morgan fingerprint density at radius 1 is 1.08 bits per heavy atom. The molecule has 4 rings (SSSR count). The van der Waals surface area contributed by atoms with Crippen molar-refractivity contribution in [2.45, 2.75) is 38.1 Å². The van der Waals surface area contributed by atoms with Crippen molar-refractivity contribution in [2.24, 2.45) is 5.10 Å². The molecule has 0 N–H and O–H groups in total. The van der Waals surface area contributed by atoms with Gasteiger partial charge in [0, 0.05) is 6.42 Å². The molecule has 1 amide bonds. The second-order valence-electron chi connectivity index (χ2n) is 6.74. The van der Waals surface area contributed by atoms with Crippen molar-refractivity contribution in [3.05, 3.63) is 70.8 Å². The van der Waals surface area contributed by atoms with Crippen LogP contribution in [0.1, 0.15) is 47.6 Å². The number of benzene rings is 2. The number of hydrogen-bond acceptors (Lipinski definition) is 2. The van der Waals surface area contributed by atoms with Crippen LogP contribution in [-0.4, -0.2) is 22.5 Å². The van der Waals surface area contributed by atoms with Crippen molar-refractivity contribution in [2.75, 3.05) is 5.88 Å². The van der Waals surface area contributed by atoms with Crippen molar-refractivity contribution < 1.29 is 4.79 Å². The largest absolute Gasteiger partial charge is 0.272 e. The summed E-state index contributed by atoms with van der Waals surface area (Å²) in [6.45, 7) is 0. The molecular formula is C21H21ClN2O. The van der Waals surface area contributed by atoms with Gasteiger partial charge in [-0.2, -0.15) is 5.10 Å². The molecule has 0 spiro atoms. The zero-order valence-electron chi connectivity index (χ0n) is 14.1. The maximum Gasteiger partial charge on any atom is 0.258 e. The van der Waals surface area contributed by atoms with E-state index in [2.05, 4.69) is 23.3 Å². The van der Waals surface area contributed by atoms with Crippen LogP contribution >= 0.6 is 11.6 Å². The summed E-state index contributed by atoms with van der Waals surface area (Å²) >= 11 is 5.81. The Balaban J connectivity index is 1.67. The highest BCUT2D eigenvalue weighted by atomic mass is 35.5. The second-order valence-corrected chi connectivity index (χ2v) is 7.01. The average Bonchev–Trinajstić information content (AvgIpc) is 3.13. The highest BCUT2D eigenvalue weighted by Gasteiger charge is 2.32. The van der Waals surface area contributed by atoms with Crippen LogP contribution < -0.4 is 0 Å². The van der Waals surface area contributed by atoms with E-state index in [4.69, 9.17) is 11.6 Å². The van der Waals surface area contributed by atoms with Crippen LogP contribution in [0.15, 0.2) is 53.6 Å². The highest BCUT2D eigenvalue weighted by Crippen LogP contribution is 2.33. The van der Waals surface area contributed by atoms with Gasteiger partial charge in [-0.25, -0.2) is 5.01 Å². The smallest absolute Gasteiger partial charge is 0.258 e. The minimum Gasteiger partial charge on any atom is -0.272 e. The summed E-state index contributed by atoms with van der Waals surface area (Å²) in [5, 5.41) is 6.22. The molecule has 128 valence electrons. The monoisotopic (exact) mass is 352 g/mol. The molecule has 0 saturated heterocycles. The molecule has 0 fully saturated rings. The van der Waals surface area contributed by atoms with Gasteiger partial charge in [0.05, 0.1) is 11.8 Å². The number of nitrogens with zero attached hydrogens (tertiary/aromatic N) is 2. The van der Waals surface area contributed by atoms with Crippen molar-refractivity contribution >= 4 is 23.2 Å². The molecule has 1 aliphatic carbocycles. The number of amides is 1. The Kier molecular flexibility index (Phi) is 4.58. The molecule has 25 heavy (non-hydrogen) atoms. The summed E-state index contributed by atoms with van der Waals surface area (Å²) in [5.74, 6) is -0.201. The summed E-state index contributed by atoms with van der Waals surface area (Å²) in [4.78, 5) is 12.3. The first-order valence-electron chi connectivity index (χ1n) is 8.89. The fourth-order valence-corrected chi connectivity index (χ4v) is 3.95. The summed E-state index contributed by atoms with van der Waals surface area (Å²) < 4.78 is 0. The first kappa shape index (κ1) is 16.3. The number of carbonyl (C=O) groups is 1. The van der Waals surface area contributed by atoms with E-state index in [0.717, 1.165) is 29.7 Å². The molecule has 0 bridgehead atoms. The lowest BCUT2D eigenvalue weighted by atomic mass is 9.89. The van der Waals surface area contributed by atoms with E-state index in [0.29, 0.717) is 0 Å². The summed E-state index contributed by atoms with van der Waals surface area (Å²) in [6, 6.07) is 16.6. The molecule has 0 unspecified atom stereocenters. The van der Waals surface area contributed by atoms with Crippen LogP contribution in [0.2, 0.25) is 0 Å². The molecule has 4 heteroatoms. The van der Waals surface area contributed by atoms with Crippen LogP contribution in [0.25, 0.3) is 0 Å². The topological polar surface area (TPSA) is 32.7 Å². The third-order valence-corrected chi connectivity index (χ3v) is 5.37. The molecule has 2 aliphatic rings. The van der Waals surface area contributed by atoms with Crippen LogP contribution in [0.5, 0.6) is 0 Å². The minimum absolute atomic E-state index is 0.0513. The van der Waals surface area contributed by atoms with Gasteiger partial charge in [0.2, 0.25) is 0 Å². The lowest BCUT2D eigenvalue weighted by molar-refractivity contribution is -0.130. The normalized spacial score (nSPS) is 19.5. The fraction of sp³-hybridized carbons (Fsp3) is 0.333. The van der Waals surface area contributed by atoms with Gasteiger partial charge in [0.1, 0.15) is 5.88 Å². The second kappa shape index (κ2) is 7.01. The van der Waals surface area contributed by atoms with Crippen LogP contribution in [0.3, 0.4) is 0 Å². The molecule has 0 aromatic heterocycles. The molecular weight excluding hydrogens is 332 g/mol. The maximum absolute atomic E-state index is 12.3. The van der Waals surface area contributed by atoms with Gasteiger partial charge in [-0.05, 0) is 54.0 Å². The van der Waals surface area contributed by atoms with E-state index in [1.165, 1.54) is 30.4 Å². The third-order valence-electron chi connectivity index (χ3n) is 5.15. The van der Waals surface area contributed by atoms with Crippen LogP contribution in [-0.2, 0) is 17.6 Å². The predicted molar refractivity (Wildman–Crippen MR) is 101 cm³/mol. The fourth-order valence-electron chi connectivity index (χ4n) is 3.82. The molecule has 3 nitrogen and oxygen atoms in total. The van der Waals surface area contributed by atoms with Gasteiger partial charge in [0.25, 0.3) is 5.91 Å². The van der Waals surface area contributed by atoms with E-state index >= 15 is 0 Å². The maximum atomic E-state index is 12.3. The van der Waals surface area contributed by atoms with E-state index in [9.17, 15) is 4.79 Å². The molecule has 0 saturated carbocycles. The van der Waals surface area contributed by atoms with E-state index in [-0.39, 0.29) is 17.8 Å². The number of fused-ring (bicyclic) bond motifs is 1. The zero-order chi connectivity index (χ0) is 17.2. The van der Waals surface area contributed by atoms with Gasteiger partial charge in [-0.3, -0.25) is 4.79 Å². The van der Waals surface area contributed by atoms with E-state index in [1.807, 2.05) is 30.3 Å². The lowest BCUT2D eigenvalue weighted by Crippen LogP contribution is -2.27. The Bertz CT molecular complexity index is 816. The third kappa shape index (κ3) is 3.21. The van der Waals surface area contributed by atoms with Gasteiger partial charge in [-0.1, -0.05) is 42.5 Å². The highest BCUT2D eigenvalue weighted by molar-refractivity contribution is 6.27. The number of aryl methyl sites for hydroxylation is 2. The van der Waals surface area contributed by atoms with Gasteiger partial charge in [0.15, 0.2) is 0 Å². The number of carbonyl (C=O) groups excluding carboxylic acids is 1. The molecule has 2 aromatic rings. The van der Waals surface area contributed by atoms with Gasteiger partial charge >= 0.3 is 0 Å². The first-order valence-corrected chi connectivity index (χ1v) is 9.42. The summed E-state index contributed by atoms with van der Waals surface area (Å²) in [7, 11) is 0. The number of halogens is 1. The lowest BCUT2D eigenvalue weighted by Gasteiger charge is -2.21. The van der Waals surface area contributed by atoms with E-state index < -0.39 is 0 Å². The Labute approximate surface area is 153 Å². The predicted octanol–water partition coefficient (Wildman–Crippen LogP) is 4.48. The average molecular weight is 353 g/mol. The van der Waals surface area contributed by atoms with Crippen LogP contribution in [0.4, 0.5) is 0 Å². The van der Waals surface area contributed by atoms with Crippen molar-refractivity contribution in [3.8, 4) is 0 Å². The standard InChI is InChI=1S/C21H21ClN2O/c22-14-21(25)24-20(16-7-2-1-3-8-16)13-19(23-24)18-11-10-15-6-4-5-9-17(15)12-18/h1-3,7-8,10-12,20H,4-6,9,13-14H2/t20-/m1/s1. The molecule has 0 radical (unpaired) electrons. The Hall–Kier alpha value is -2.13. The number of rotatable bonds is 3. The molecule has 2 aromatic carbocycles. The first-order chi connectivity index (χ1) is 12.3. The van der Waals surface area contributed by atoms with Gasteiger partial charge in [-0.15, -0.1) is 11.6 Å². The van der Waals surface area contributed by atoms with E-state index in [1.54, 1.807) is 5.01 Å². The molecule has 1 atom stereocenters. The van der Waals surface area contributed by atoms with Crippen LogP contribution in [0, 0.1) is 0 Å². The number of hydrazone groups is 1. The van der Waals surface area contributed by atoms with Gasteiger partial charge < -0.3 is 0 Å².